The minimum absolute atomic E-state index is 0.235. The van der Waals surface area contributed by atoms with Crippen LogP contribution < -0.4 is 4.74 Å². The fraction of sp³-hybridized carbons (Fsp3) is 0.150. The number of nitrogens with zero attached hydrogens (tertiary/aromatic N) is 1. The van der Waals surface area contributed by atoms with Gasteiger partial charge in [-0.05, 0) is 25.1 Å². The fourth-order valence-corrected chi connectivity index (χ4v) is 3.02. The van der Waals surface area contributed by atoms with Crippen molar-refractivity contribution < 1.29 is 19.1 Å². The second-order valence-electron chi connectivity index (χ2n) is 5.76. The van der Waals surface area contributed by atoms with Crippen molar-refractivity contribution in [3.05, 3.63) is 69.8 Å². The number of ketones is 1. The summed E-state index contributed by atoms with van der Waals surface area (Å²) in [6.45, 7) is 1.05. The third kappa shape index (κ3) is 4.56. The molecule has 138 valence electrons. The number of Topliss-reactive ketones (excluding diaryl/α,β-unsaturated/α-hetero) is 1. The molecule has 7 heteroatoms. The molecule has 0 atom stereocenters. The first kappa shape index (κ1) is 19.1. The van der Waals surface area contributed by atoms with Crippen LogP contribution in [0.3, 0.4) is 0 Å². The summed E-state index contributed by atoms with van der Waals surface area (Å²) in [4.78, 5) is 28.3. The van der Waals surface area contributed by atoms with Crippen LogP contribution in [0.1, 0.15) is 16.1 Å². The molecule has 1 heterocycles. The van der Waals surface area contributed by atoms with Crippen molar-refractivity contribution in [2.75, 3.05) is 13.2 Å². The number of hydrogen-bond acceptors (Lipinski definition) is 5. The molecule has 0 saturated carbocycles. The Bertz CT molecular complexity index is 1010. The Morgan fingerprint density at radius 3 is 2.48 bits per heavy atom. The number of ether oxygens (including phenoxy) is 2. The molecule has 3 rings (SSSR count). The minimum Gasteiger partial charge on any atom is -0.478 e. The summed E-state index contributed by atoms with van der Waals surface area (Å²) in [7, 11) is 0. The van der Waals surface area contributed by atoms with Gasteiger partial charge in [0, 0.05) is 16.6 Å². The predicted octanol–water partition coefficient (Wildman–Crippen LogP) is 4.65. The molecule has 0 saturated heterocycles. The smallest absolute Gasteiger partial charge is 0.344 e. The van der Waals surface area contributed by atoms with Gasteiger partial charge in [-0.3, -0.25) is 4.79 Å². The van der Waals surface area contributed by atoms with Crippen molar-refractivity contribution in [1.29, 1.82) is 0 Å². The second kappa shape index (κ2) is 8.37. The number of halogens is 2. The average molecular weight is 404 g/mol. The van der Waals surface area contributed by atoms with Crippen LogP contribution in [-0.4, -0.2) is 30.0 Å². The van der Waals surface area contributed by atoms with Gasteiger partial charge in [0.2, 0.25) is 0 Å². The van der Waals surface area contributed by atoms with E-state index >= 15 is 0 Å². The van der Waals surface area contributed by atoms with Crippen LogP contribution in [0.2, 0.25) is 10.0 Å². The number of aryl methyl sites for hydroxylation is 1. The number of rotatable bonds is 6. The van der Waals surface area contributed by atoms with Gasteiger partial charge in [0.1, 0.15) is 5.52 Å². The van der Waals surface area contributed by atoms with Gasteiger partial charge in [-0.25, -0.2) is 9.78 Å². The van der Waals surface area contributed by atoms with Gasteiger partial charge in [-0.1, -0.05) is 53.5 Å². The van der Waals surface area contributed by atoms with E-state index in [-0.39, 0.29) is 23.2 Å². The van der Waals surface area contributed by atoms with Crippen LogP contribution in [0.15, 0.2) is 48.5 Å². The molecular weight excluding hydrogens is 389 g/mol. The van der Waals surface area contributed by atoms with Crippen LogP contribution >= 0.6 is 23.2 Å². The van der Waals surface area contributed by atoms with Gasteiger partial charge in [0.05, 0.1) is 10.0 Å². The molecule has 0 aliphatic carbocycles. The Balaban J connectivity index is 1.67. The van der Waals surface area contributed by atoms with E-state index in [1.54, 1.807) is 36.4 Å². The molecule has 2 aromatic carbocycles. The highest BCUT2D eigenvalue weighted by molar-refractivity contribution is 6.39. The van der Waals surface area contributed by atoms with Crippen LogP contribution in [0, 0.1) is 6.92 Å². The van der Waals surface area contributed by atoms with E-state index < -0.39 is 12.6 Å². The van der Waals surface area contributed by atoms with E-state index in [1.165, 1.54) is 6.07 Å². The maximum atomic E-state index is 12.0. The summed E-state index contributed by atoms with van der Waals surface area (Å²) >= 11 is 12.4. The number of hydrogen-bond donors (Lipinski definition) is 0. The van der Waals surface area contributed by atoms with Crippen LogP contribution in [0.4, 0.5) is 0 Å². The monoisotopic (exact) mass is 403 g/mol. The summed E-state index contributed by atoms with van der Waals surface area (Å²) < 4.78 is 10.5. The maximum Gasteiger partial charge on any atom is 0.344 e. The maximum absolute atomic E-state index is 12.0. The van der Waals surface area contributed by atoms with Gasteiger partial charge in [-0.15, -0.1) is 0 Å². The van der Waals surface area contributed by atoms with Gasteiger partial charge >= 0.3 is 5.97 Å². The largest absolute Gasteiger partial charge is 0.478 e. The van der Waals surface area contributed by atoms with Crippen molar-refractivity contribution in [2.45, 2.75) is 6.92 Å². The van der Waals surface area contributed by atoms with Gasteiger partial charge in [-0.2, -0.15) is 0 Å². The first-order chi connectivity index (χ1) is 13.0. The zero-order valence-electron chi connectivity index (χ0n) is 14.4. The lowest BCUT2D eigenvalue weighted by atomic mass is 10.1. The average Bonchev–Trinajstić information content (AvgIpc) is 2.66. The zero-order chi connectivity index (χ0) is 19.4. The number of fused-ring (bicyclic) bond motifs is 1. The molecule has 0 amide bonds. The SMILES string of the molecule is Cc1ccc2c(Cl)cc(Cl)c(OCC(=O)OCC(=O)c3ccccc3)c2n1. The molecule has 1 aromatic heterocycles. The van der Waals surface area contributed by atoms with E-state index in [9.17, 15) is 9.59 Å². The van der Waals surface area contributed by atoms with Crippen molar-refractivity contribution in [1.82, 2.24) is 4.98 Å². The zero-order valence-corrected chi connectivity index (χ0v) is 15.9. The lowest BCUT2D eigenvalue weighted by Gasteiger charge is -2.12. The number of carbonyl (C=O) groups is 2. The first-order valence-corrected chi connectivity index (χ1v) is 8.83. The van der Waals surface area contributed by atoms with E-state index in [1.807, 2.05) is 13.0 Å². The standard InChI is InChI=1S/C20H15Cl2NO4/c1-12-7-8-14-15(21)9-16(22)20(19(14)23-12)27-11-18(25)26-10-17(24)13-5-3-2-4-6-13/h2-9H,10-11H2,1H3. The summed E-state index contributed by atoms with van der Waals surface area (Å²) in [5.74, 6) is -0.742. The lowest BCUT2D eigenvalue weighted by Crippen LogP contribution is -2.19. The topological polar surface area (TPSA) is 65.5 Å². The van der Waals surface area contributed by atoms with Crippen LogP contribution in [0.25, 0.3) is 10.9 Å². The van der Waals surface area contributed by atoms with Crippen molar-refractivity contribution in [2.24, 2.45) is 0 Å². The highest BCUT2D eigenvalue weighted by atomic mass is 35.5. The number of carbonyl (C=O) groups excluding carboxylic acids is 2. The predicted molar refractivity (Wildman–Crippen MR) is 104 cm³/mol. The summed E-state index contributed by atoms with van der Waals surface area (Å²) in [5, 5.41) is 1.33. The van der Waals surface area contributed by atoms with E-state index in [2.05, 4.69) is 4.98 Å². The Morgan fingerprint density at radius 2 is 1.74 bits per heavy atom. The summed E-state index contributed by atoms with van der Waals surface area (Å²) in [6.07, 6.45) is 0. The van der Waals surface area contributed by atoms with Gasteiger partial charge in [0.25, 0.3) is 0 Å². The molecule has 27 heavy (non-hydrogen) atoms. The normalized spacial score (nSPS) is 10.6. The summed E-state index contributed by atoms with van der Waals surface area (Å²) in [6, 6.07) is 13.7. The Kier molecular flexibility index (Phi) is 5.94. The number of benzene rings is 2. The lowest BCUT2D eigenvalue weighted by molar-refractivity contribution is -0.144. The minimum atomic E-state index is -0.689. The second-order valence-corrected chi connectivity index (χ2v) is 6.57. The number of pyridine rings is 1. The van der Waals surface area contributed by atoms with E-state index in [0.29, 0.717) is 21.5 Å². The van der Waals surface area contributed by atoms with Crippen LogP contribution in [-0.2, 0) is 9.53 Å². The van der Waals surface area contributed by atoms with E-state index in [0.717, 1.165) is 5.69 Å². The molecule has 0 aliphatic heterocycles. The molecular formula is C20H15Cl2NO4. The van der Waals surface area contributed by atoms with Gasteiger partial charge < -0.3 is 9.47 Å². The molecule has 5 nitrogen and oxygen atoms in total. The molecule has 0 aliphatic rings. The molecule has 0 radical (unpaired) electrons. The highest BCUT2D eigenvalue weighted by Gasteiger charge is 2.16. The van der Waals surface area contributed by atoms with Gasteiger partial charge in [0.15, 0.2) is 24.7 Å². The Labute approximate surface area is 165 Å². The number of esters is 1. The Morgan fingerprint density at radius 1 is 1.00 bits per heavy atom. The fourth-order valence-electron chi connectivity index (χ4n) is 2.45. The third-order valence-electron chi connectivity index (χ3n) is 3.77. The van der Waals surface area contributed by atoms with Crippen LogP contribution in [0.5, 0.6) is 5.75 Å². The molecule has 0 spiro atoms. The van der Waals surface area contributed by atoms with Crippen molar-refractivity contribution in [3.8, 4) is 5.75 Å². The molecule has 0 N–H and O–H groups in total. The Hall–Kier alpha value is -2.63. The highest BCUT2D eigenvalue weighted by Crippen LogP contribution is 2.37. The summed E-state index contributed by atoms with van der Waals surface area (Å²) in [5.41, 5.74) is 1.68. The molecule has 0 bridgehead atoms. The first-order valence-electron chi connectivity index (χ1n) is 8.07. The third-order valence-corrected chi connectivity index (χ3v) is 4.37. The van der Waals surface area contributed by atoms with E-state index in [4.69, 9.17) is 32.7 Å². The number of aromatic nitrogens is 1. The molecule has 3 aromatic rings. The van der Waals surface area contributed by atoms with Crippen molar-refractivity contribution >= 4 is 45.9 Å². The van der Waals surface area contributed by atoms with Crippen molar-refractivity contribution in [3.63, 3.8) is 0 Å². The molecule has 0 fully saturated rings. The quantitative estimate of drug-likeness (QED) is 0.442. The molecule has 0 unspecified atom stereocenters.